The first-order chi connectivity index (χ1) is 7.93. The Hall–Kier alpha value is -1.57. The Morgan fingerprint density at radius 2 is 1.94 bits per heavy atom. The molecular weight excluding hydrogens is 210 g/mol. The van der Waals surface area contributed by atoms with Gasteiger partial charge in [-0.3, -0.25) is 4.79 Å². The Kier molecular flexibility index (Phi) is 4.50. The largest absolute Gasteiger partial charge is 0.349 e. The lowest BCUT2D eigenvalue weighted by Crippen LogP contribution is -2.44. The van der Waals surface area contributed by atoms with Gasteiger partial charge in [-0.05, 0) is 23.5 Å². The number of benzene rings is 1. The van der Waals surface area contributed by atoms with Gasteiger partial charge < -0.3 is 5.32 Å². The van der Waals surface area contributed by atoms with Crippen molar-refractivity contribution in [2.75, 3.05) is 0 Å². The molecule has 17 heavy (non-hydrogen) atoms. The van der Waals surface area contributed by atoms with Gasteiger partial charge in [0.05, 0.1) is 0 Å². The standard InChI is InChI=1S/C15H21NO/c1-5-14(17)16-13(15(2,3)4)11-12-9-7-6-8-10-12/h5-10,13H,1,11H2,2-4H3,(H,16,17). The molecule has 1 N–H and O–H groups in total. The topological polar surface area (TPSA) is 29.1 Å². The Balaban J connectivity index is 2.78. The molecule has 1 atom stereocenters. The lowest BCUT2D eigenvalue weighted by atomic mass is 9.83. The highest BCUT2D eigenvalue weighted by atomic mass is 16.1. The average molecular weight is 231 g/mol. The van der Waals surface area contributed by atoms with E-state index in [4.69, 9.17) is 0 Å². The molecule has 0 fully saturated rings. The van der Waals surface area contributed by atoms with Gasteiger partial charge in [-0.1, -0.05) is 57.7 Å². The lowest BCUT2D eigenvalue weighted by Gasteiger charge is -2.31. The fourth-order valence-corrected chi connectivity index (χ4v) is 1.65. The van der Waals surface area contributed by atoms with E-state index in [9.17, 15) is 4.79 Å². The van der Waals surface area contributed by atoms with E-state index in [1.165, 1.54) is 11.6 Å². The van der Waals surface area contributed by atoms with Crippen molar-refractivity contribution in [3.05, 3.63) is 48.6 Å². The molecule has 1 amide bonds. The molecule has 1 aromatic carbocycles. The lowest BCUT2D eigenvalue weighted by molar-refractivity contribution is -0.117. The van der Waals surface area contributed by atoms with Crippen molar-refractivity contribution in [3.8, 4) is 0 Å². The quantitative estimate of drug-likeness (QED) is 0.793. The van der Waals surface area contributed by atoms with E-state index in [1.54, 1.807) is 0 Å². The Morgan fingerprint density at radius 3 is 2.41 bits per heavy atom. The van der Waals surface area contributed by atoms with E-state index in [2.05, 4.69) is 44.8 Å². The molecule has 0 aromatic heterocycles. The van der Waals surface area contributed by atoms with E-state index in [0.717, 1.165) is 6.42 Å². The van der Waals surface area contributed by atoms with Crippen LogP contribution >= 0.6 is 0 Å². The van der Waals surface area contributed by atoms with Crippen LogP contribution in [0.5, 0.6) is 0 Å². The summed E-state index contributed by atoms with van der Waals surface area (Å²) in [6, 6.07) is 10.3. The minimum absolute atomic E-state index is 0.0223. The fraction of sp³-hybridized carbons (Fsp3) is 0.400. The molecule has 1 unspecified atom stereocenters. The van der Waals surface area contributed by atoms with Crippen LogP contribution in [-0.2, 0) is 11.2 Å². The van der Waals surface area contributed by atoms with Crippen LogP contribution in [0.2, 0.25) is 0 Å². The number of hydrogen-bond donors (Lipinski definition) is 1. The van der Waals surface area contributed by atoms with E-state index in [1.807, 2.05) is 18.2 Å². The molecule has 0 radical (unpaired) electrons. The van der Waals surface area contributed by atoms with Crippen LogP contribution in [0.4, 0.5) is 0 Å². The highest BCUT2D eigenvalue weighted by Crippen LogP contribution is 2.22. The maximum absolute atomic E-state index is 11.4. The molecule has 0 heterocycles. The SMILES string of the molecule is C=CC(=O)NC(Cc1ccccc1)C(C)(C)C. The van der Waals surface area contributed by atoms with Gasteiger partial charge in [0.2, 0.25) is 5.91 Å². The third-order valence-electron chi connectivity index (χ3n) is 2.83. The highest BCUT2D eigenvalue weighted by Gasteiger charge is 2.25. The van der Waals surface area contributed by atoms with Gasteiger partial charge in [0, 0.05) is 6.04 Å². The zero-order valence-corrected chi connectivity index (χ0v) is 10.9. The van der Waals surface area contributed by atoms with Crippen LogP contribution < -0.4 is 5.32 Å². The maximum Gasteiger partial charge on any atom is 0.243 e. The van der Waals surface area contributed by atoms with Gasteiger partial charge in [-0.2, -0.15) is 0 Å². The molecule has 0 saturated carbocycles. The minimum atomic E-state index is -0.110. The number of amides is 1. The van der Waals surface area contributed by atoms with Gasteiger partial charge in [0.25, 0.3) is 0 Å². The molecule has 0 aliphatic heterocycles. The van der Waals surface area contributed by atoms with Crippen LogP contribution in [0.15, 0.2) is 43.0 Å². The molecule has 1 rings (SSSR count). The highest BCUT2D eigenvalue weighted by molar-refractivity contribution is 5.87. The van der Waals surface area contributed by atoms with Gasteiger partial charge in [0.15, 0.2) is 0 Å². The van der Waals surface area contributed by atoms with Crippen molar-refractivity contribution < 1.29 is 4.79 Å². The maximum atomic E-state index is 11.4. The zero-order valence-electron chi connectivity index (χ0n) is 10.9. The van der Waals surface area contributed by atoms with Crippen LogP contribution in [-0.4, -0.2) is 11.9 Å². The second-order valence-corrected chi connectivity index (χ2v) is 5.32. The average Bonchev–Trinajstić information content (AvgIpc) is 2.28. The summed E-state index contributed by atoms with van der Waals surface area (Å²) in [6.45, 7) is 9.88. The van der Waals surface area contributed by atoms with Gasteiger partial charge in [0.1, 0.15) is 0 Å². The number of rotatable bonds is 4. The molecule has 0 spiro atoms. The third kappa shape index (κ3) is 4.43. The first-order valence-corrected chi connectivity index (χ1v) is 5.90. The number of carbonyl (C=O) groups excluding carboxylic acids is 1. The van der Waals surface area contributed by atoms with Crippen molar-refractivity contribution >= 4 is 5.91 Å². The predicted octanol–water partition coefficient (Wildman–Crippen LogP) is 2.95. The second-order valence-electron chi connectivity index (χ2n) is 5.32. The molecule has 92 valence electrons. The first kappa shape index (κ1) is 13.5. The van der Waals surface area contributed by atoms with E-state index < -0.39 is 0 Å². The zero-order chi connectivity index (χ0) is 12.9. The second kappa shape index (κ2) is 5.67. The smallest absolute Gasteiger partial charge is 0.243 e. The third-order valence-corrected chi connectivity index (χ3v) is 2.83. The minimum Gasteiger partial charge on any atom is -0.349 e. The summed E-state index contributed by atoms with van der Waals surface area (Å²) in [5.74, 6) is -0.110. The van der Waals surface area contributed by atoms with Crippen molar-refractivity contribution in [2.24, 2.45) is 5.41 Å². The summed E-state index contributed by atoms with van der Waals surface area (Å²) in [5.41, 5.74) is 1.26. The number of nitrogens with one attached hydrogen (secondary N) is 1. The summed E-state index contributed by atoms with van der Waals surface area (Å²) in [4.78, 5) is 11.4. The molecule has 0 bridgehead atoms. The summed E-state index contributed by atoms with van der Waals surface area (Å²) in [6.07, 6.45) is 2.16. The summed E-state index contributed by atoms with van der Waals surface area (Å²) >= 11 is 0. The monoisotopic (exact) mass is 231 g/mol. The van der Waals surface area contributed by atoms with E-state index in [0.29, 0.717) is 0 Å². The summed E-state index contributed by atoms with van der Waals surface area (Å²) < 4.78 is 0. The van der Waals surface area contributed by atoms with Gasteiger partial charge in [-0.15, -0.1) is 0 Å². The first-order valence-electron chi connectivity index (χ1n) is 5.90. The molecular formula is C15H21NO. The van der Waals surface area contributed by atoms with Crippen LogP contribution in [0.25, 0.3) is 0 Å². The predicted molar refractivity (Wildman–Crippen MR) is 71.7 cm³/mol. The number of carbonyl (C=O) groups is 1. The summed E-state index contributed by atoms with van der Waals surface area (Å²) in [5, 5.41) is 3.00. The Bertz CT molecular complexity index is 376. The molecule has 2 nitrogen and oxygen atoms in total. The fourth-order valence-electron chi connectivity index (χ4n) is 1.65. The summed E-state index contributed by atoms with van der Waals surface area (Å²) in [7, 11) is 0. The molecule has 1 aromatic rings. The number of hydrogen-bond acceptors (Lipinski definition) is 1. The van der Waals surface area contributed by atoms with Crippen molar-refractivity contribution in [1.29, 1.82) is 0 Å². The van der Waals surface area contributed by atoms with Crippen molar-refractivity contribution in [2.45, 2.75) is 33.2 Å². The van der Waals surface area contributed by atoms with E-state index in [-0.39, 0.29) is 17.4 Å². The Morgan fingerprint density at radius 1 is 1.35 bits per heavy atom. The molecule has 0 aliphatic rings. The van der Waals surface area contributed by atoms with Crippen molar-refractivity contribution in [1.82, 2.24) is 5.32 Å². The molecule has 2 heteroatoms. The van der Waals surface area contributed by atoms with Crippen molar-refractivity contribution in [3.63, 3.8) is 0 Å². The Labute approximate surface area is 104 Å². The van der Waals surface area contributed by atoms with Crippen LogP contribution in [0, 0.1) is 5.41 Å². The van der Waals surface area contributed by atoms with Crippen LogP contribution in [0.1, 0.15) is 26.3 Å². The van der Waals surface area contributed by atoms with Gasteiger partial charge >= 0.3 is 0 Å². The van der Waals surface area contributed by atoms with Crippen LogP contribution in [0.3, 0.4) is 0 Å². The normalized spacial score (nSPS) is 12.9. The van der Waals surface area contributed by atoms with Gasteiger partial charge in [-0.25, -0.2) is 0 Å². The molecule has 0 aliphatic carbocycles. The molecule has 0 saturated heterocycles. The van der Waals surface area contributed by atoms with E-state index >= 15 is 0 Å².